The maximum absolute atomic E-state index is 11.9. The summed E-state index contributed by atoms with van der Waals surface area (Å²) in [4.78, 5) is 11.9. The monoisotopic (exact) mass is 401 g/mol. The maximum atomic E-state index is 11.9. The zero-order chi connectivity index (χ0) is 18.2. The summed E-state index contributed by atoms with van der Waals surface area (Å²) in [5.41, 5.74) is 4.27. The van der Waals surface area contributed by atoms with E-state index in [-0.39, 0.29) is 6.61 Å². The number of hydrazone groups is 1. The molecule has 6 nitrogen and oxygen atoms in total. The third kappa shape index (κ3) is 5.06. The van der Waals surface area contributed by atoms with Crippen LogP contribution in [0.1, 0.15) is 18.1 Å². The van der Waals surface area contributed by atoms with E-state index < -0.39 is 5.91 Å². The minimum absolute atomic E-state index is 0.234. The van der Waals surface area contributed by atoms with Crippen LogP contribution in [-0.4, -0.2) is 25.3 Å². The Balaban J connectivity index is 1.95. The second-order valence-electron chi connectivity index (χ2n) is 4.98. The molecule has 2 aromatic carbocycles. The number of nitrogens with zero attached hydrogens (tertiary/aromatic N) is 2. The van der Waals surface area contributed by atoms with E-state index in [4.69, 9.17) is 14.7 Å². The van der Waals surface area contributed by atoms with Crippen LogP contribution in [0.15, 0.2) is 52.0 Å². The highest BCUT2D eigenvalue weighted by atomic mass is 79.9. The summed E-state index contributed by atoms with van der Waals surface area (Å²) in [6.45, 7) is 1.54. The lowest BCUT2D eigenvalue weighted by atomic mass is 10.1. The van der Waals surface area contributed by atoms with Gasteiger partial charge in [-0.25, -0.2) is 5.43 Å². The number of carbonyl (C=O) groups is 1. The van der Waals surface area contributed by atoms with E-state index in [0.717, 1.165) is 10.0 Å². The molecule has 2 aromatic rings. The fraction of sp³-hybridized carbons (Fsp3) is 0.167. The molecule has 7 heteroatoms. The van der Waals surface area contributed by atoms with Gasteiger partial charge in [-0.15, -0.1) is 0 Å². The second kappa shape index (κ2) is 8.85. The van der Waals surface area contributed by atoms with E-state index in [1.54, 1.807) is 38.3 Å². The van der Waals surface area contributed by atoms with Gasteiger partial charge in [0.25, 0.3) is 5.91 Å². The van der Waals surface area contributed by atoms with Crippen molar-refractivity contribution >= 4 is 27.5 Å². The van der Waals surface area contributed by atoms with E-state index in [1.165, 1.54) is 0 Å². The number of rotatable bonds is 6. The Kier molecular flexibility index (Phi) is 6.54. The highest BCUT2D eigenvalue weighted by Gasteiger charge is 2.07. The lowest BCUT2D eigenvalue weighted by Crippen LogP contribution is -2.25. The number of nitrogens with one attached hydrogen (secondary N) is 1. The lowest BCUT2D eigenvalue weighted by Gasteiger charge is -2.08. The van der Waals surface area contributed by atoms with Crippen LogP contribution in [0.25, 0.3) is 0 Å². The normalized spacial score (nSPS) is 10.7. The van der Waals surface area contributed by atoms with E-state index in [2.05, 4.69) is 26.5 Å². The fourth-order valence-electron chi connectivity index (χ4n) is 1.96. The maximum Gasteiger partial charge on any atom is 0.277 e. The zero-order valence-corrected chi connectivity index (χ0v) is 15.3. The van der Waals surface area contributed by atoms with Crippen molar-refractivity contribution in [3.63, 3.8) is 0 Å². The van der Waals surface area contributed by atoms with Crippen molar-refractivity contribution < 1.29 is 14.3 Å². The van der Waals surface area contributed by atoms with Crippen LogP contribution in [-0.2, 0) is 4.79 Å². The average Bonchev–Trinajstić information content (AvgIpc) is 2.64. The highest BCUT2D eigenvalue weighted by molar-refractivity contribution is 9.10. The first-order valence-electron chi connectivity index (χ1n) is 7.34. The zero-order valence-electron chi connectivity index (χ0n) is 13.7. The van der Waals surface area contributed by atoms with Gasteiger partial charge in [0, 0.05) is 0 Å². The third-order valence-electron chi connectivity index (χ3n) is 3.28. The van der Waals surface area contributed by atoms with Crippen LogP contribution in [0.5, 0.6) is 11.5 Å². The number of carbonyl (C=O) groups excluding carboxylic acids is 1. The number of nitriles is 1. The summed E-state index contributed by atoms with van der Waals surface area (Å²) < 4.78 is 11.3. The fourth-order valence-corrected chi connectivity index (χ4v) is 2.50. The molecular formula is C18H16BrN3O3. The molecule has 1 amide bonds. The predicted octanol–water partition coefficient (Wildman–Crippen LogP) is 3.25. The quantitative estimate of drug-likeness (QED) is 0.594. The molecule has 128 valence electrons. The molecule has 0 spiro atoms. The molecular weight excluding hydrogens is 386 g/mol. The molecule has 0 unspecified atom stereocenters. The molecule has 0 saturated carbocycles. The Morgan fingerprint density at radius 1 is 1.28 bits per heavy atom. The number of para-hydroxylation sites is 1. The van der Waals surface area contributed by atoms with Gasteiger partial charge >= 0.3 is 0 Å². The minimum atomic E-state index is -0.417. The summed E-state index contributed by atoms with van der Waals surface area (Å²) in [6, 6.07) is 14.2. The SMILES string of the molecule is COc1ccc(/C(C)=N\NC(=O)COc2ccccc2C#N)cc1Br. The first-order chi connectivity index (χ1) is 12.0. The van der Waals surface area contributed by atoms with E-state index in [0.29, 0.717) is 22.8 Å². The molecule has 0 radical (unpaired) electrons. The van der Waals surface area contributed by atoms with Gasteiger partial charge in [0.05, 0.1) is 22.9 Å². The number of ether oxygens (including phenoxy) is 2. The molecule has 0 aliphatic rings. The first-order valence-corrected chi connectivity index (χ1v) is 8.13. The van der Waals surface area contributed by atoms with Gasteiger partial charge in [-0.2, -0.15) is 10.4 Å². The lowest BCUT2D eigenvalue weighted by molar-refractivity contribution is -0.123. The molecule has 0 atom stereocenters. The molecule has 0 heterocycles. The Labute approximate surface area is 154 Å². The van der Waals surface area contributed by atoms with Crippen LogP contribution in [0.4, 0.5) is 0 Å². The summed E-state index contributed by atoms with van der Waals surface area (Å²) >= 11 is 3.41. The number of methoxy groups -OCH3 is 1. The van der Waals surface area contributed by atoms with Gasteiger partial charge in [-0.05, 0) is 58.7 Å². The van der Waals surface area contributed by atoms with Crippen molar-refractivity contribution in [3.05, 3.63) is 58.1 Å². The second-order valence-corrected chi connectivity index (χ2v) is 5.83. The third-order valence-corrected chi connectivity index (χ3v) is 3.90. The van der Waals surface area contributed by atoms with Gasteiger partial charge in [0.2, 0.25) is 0 Å². The molecule has 0 aliphatic heterocycles. The van der Waals surface area contributed by atoms with Crippen molar-refractivity contribution in [2.24, 2.45) is 5.10 Å². The van der Waals surface area contributed by atoms with E-state index in [9.17, 15) is 4.79 Å². The molecule has 0 fully saturated rings. The molecule has 0 bridgehead atoms. The topological polar surface area (TPSA) is 83.7 Å². The Hall–Kier alpha value is -2.85. The molecule has 0 aliphatic carbocycles. The number of hydrogen-bond acceptors (Lipinski definition) is 5. The standard InChI is InChI=1S/C18H16BrN3O3/c1-12(13-7-8-17(24-2)15(19)9-13)21-22-18(23)11-25-16-6-4-3-5-14(16)10-20/h3-9H,11H2,1-2H3,(H,22,23)/b21-12-. The largest absolute Gasteiger partial charge is 0.496 e. The smallest absolute Gasteiger partial charge is 0.277 e. The van der Waals surface area contributed by atoms with Gasteiger partial charge in [0.15, 0.2) is 6.61 Å². The van der Waals surface area contributed by atoms with Crippen molar-refractivity contribution in [3.8, 4) is 17.6 Å². The average molecular weight is 402 g/mol. The molecule has 25 heavy (non-hydrogen) atoms. The van der Waals surface area contributed by atoms with Gasteiger partial charge < -0.3 is 9.47 Å². The van der Waals surface area contributed by atoms with Crippen LogP contribution < -0.4 is 14.9 Å². The van der Waals surface area contributed by atoms with Gasteiger partial charge in [-0.1, -0.05) is 12.1 Å². The van der Waals surface area contributed by atoms with Gasteiger partial charge in [-0.3, -0.25) is 4.79 Å². The number of amides is 1. The first kappa shape index (κ1) is 18.5. The van der Waals surface area contributed by atoms with Crippen molar-refractivity contribution in [2.45, 2.75) is 6.92 Å². The van der Waals surface area contributed by atoms with Crippen molar-refractivity contribution in [1.29, 1.82) is 5.26 Å². The van der Waals surface area contributed by atoms with Crippen molar-refractivity contribution in [2.75, 3.05) is 13.7 Å². The Bertz CT molecular complexity index is 844. The van der Waals surface area contributed by atoms with Crippen LogP contribution in [0.3, 0.4) is 0 Å². The van der Waals surface area contributed by atoms with E-state index in [1.807, 2.05) is 24.3 Å². The number of hydrogen-bond donors (Lipinski definition) is 1. The molecule has 2 rings (SSSR count). The highest BCUT2D eigenvalue weighted by Crippen LogP contribution is 2.25. The molecule has 0 aromatic heterocycles. The van der Waals surface area contributed by atoms with Crippen molar-refractivity contribution in [1.82, 2.24) is 5.43 Å². The number of halogens is 1. The van der Waals surface area contributed by atoms with E-state index >= 15 is 0 Å². The summed E-state index contributed by atoms with van der Waals surface area (Å²) in [7, 11) is 1.59. The molecule has 1 N–H and O–H groups in total. The Morgan fingerprint density at radius 3 is 2.72 bits per heavy atom. The van der Waals surface area contributed by atoms with Crippen LogP contribution in [0.2, 0.25) is 0 Å². The predicted molar refractivity (Wildman–Crippen MR) is 97.7 cm³/mol. The summed E-state index contributed by atoms with van der Waals surface area (Å²) in [5, 5.41) is 13.0. The van der Waals surface area contributed by atoms with Gasteiger partial charge in [0.1, 0.15) is 17.6 Å². The molecule has 0 saturated heterocycles. The number of benzene rings is 2. The van der Waals surface area contributed by atoms with Crippen LogP contribution in [0, 0.1) is 11.3 Å². The summed E-state index contributed by atoms with van der Waals surface area (Å²) in [5.74, 6) is 0.657. The van der Waals surface area contributed by atoms with Crippen LogP contribution >= 0.6 is 15.9 Å². The Morgan fingerprint density at radius 2 is 2.04 bits per heavy atom. The minimum Gasteiger partial charge on any atom is -0.496 e. The summed E-state index contributed by atoms with van der Waals surface area (Å²) in [6.07, 6.45) is 0.